The van der Waals surface area contributed by atoms with Crippen LogP contribution in [-0.2, 0) is 0 Å². The average Bonchev–Trinajstić information content (AvgIpc) is 2.65. The van der Waals surface area contributed by atoms with Crippen molar-refractivity contribution in [2.75, 3.05) is 0 Å². The Labute approximate surface area is 91.8 Å². The van der Waals surface area contributed by atoms with Crippen LogP contribution < -0.4 is 5.73 Å². The number of nitrogens with two attached hydrogens (primary N) is 1. The molecule has 3 atom stereocenters. The van der Waals surface area contributed by atoms with Crippen molar-refractivity contribution in [3.05, 3.63) is 23.7 Å². The highest BCUT2D eigenvalue weighted by atomic mass is 16.3. The van der Waals surface area contributed by atoms with Crippen molar-refractivity contribution in [3.8, 4) is 0 Å². The van der Waals surface area contributed by atoms with E-state index >= 15 is 0 Å². The fourth-order valence-corrected chi connectivity index (χ4v) is 2.75. The van der Waals surface area contributed by atoms with Gasteiger partial charge in [0.2, 0.25) is 0 Å². The molecule has 2 rings (SSSR count). The first-order valence-electron chi connectivity index (χ1n) is 6.01. The lowest BCUT2D eigenvalue weighted by Gasteiger charge is -2.32. The van der Waals surface area contributed by atoms with E-state index in [-0.39, 0.29) is 0 Å². The molecule has 1 fully saturated rings. The van der Waals surface area contributed by atoms with Crippen molar-refractivity contribution in [2.24, 2.45) is 11.7 Å². The Balaban J connectivity index is 2.16. The fourth-order valence-electron chi connectivity index (χ4n) is 2.75. The summed E-state index contributed by atoms with van der Waals surface area (Å²) in [5.41, 5.74) is 7.27. The third kappa shape index (κ3) is 2.25. The van der Waals surface area contributed by atoms with E-state index in [1.54, 1.807) is 0 Å². The van der Waals surface area contributed by atoms with Crippen molar-refractivity contribution in [1.82, 2.24) is 0 Å². The van der Waals surface area contributed by atoms with Crippen LogP contribution in [-0.4, -0.2) is 6.04 Å². The largest absolute Gasteiger partial charge is 0.469 e. The van der Waals surface area contributed by atoms with Crippen LogP contribution in [0.3, 0.4) is 0 Å². The van der Waals surface area contributed by atoms with Crippen LogP contribution in [0.1, 0.15) is 49.8 Å². The normalized spacial score (nSPS) is 31.8. The van der Waals surface area contributed by atoms with Gasteiger partial charge in [-0.25, -0.2) is 0 Å². The maximum Gasteiger partial charge on any atom is 0.107 e. The van der Waals surface area contributed by atoms with E-state index in [1.165, 1.54) is 24.8 Å². The molecule has 0 radical (unpaired) electrons. The monoisotopic (exact) mass is 207 g/mol. The van der Waals surface area contributed by atoms with Gasteiger partial charge in [-0.3, -0.25) is 0 Å². The topological polar surface area (TPSA) is 39.2 Å². The summed E-state index contributed by atoms with van der Waals surface area (Å²) in [5, 5.41) is 0. The quantitative estimate of drug-likeness (QED) is 0.808. The molecule has 1 aromatic rings. The van der Waals surface area contributed by atoms with Crippen LogP contribution in [0.4, 0.5) is 0 Å². The summed E-state index contributed by atoms with van der Waals surface area (Å²) in [6.07, 6.45) is 6.60. The maximum atomic E-state index is 6.04. The Hall–Kier alpha value is -0.760. The van der Waals surface area contributed by atoms with Gasteiger partial charge in [0.15, 0.2) is 0 Å². The Morgan fingerprint density at radius 3 is 2.87 bits per heavy atom. The standard InChI is InChI=1S/C13H21NO/c1-3-10-4-5-11(14)7-12(10)13-6-9(2)8-15-13/h6,8,10-12H,3-5,7,14H2,1-2H3. The number of rotatable bonds is 2. The second kappa shape index (κ2) is 4.40. The predicted octanol–water partition coefficient (Wildman–Crippen LogP) is 3.21. The van der Waals surface area contributed by atoms with Gasteiger partial charge in [0.05, 0.1) is 6.26 Å². The smallest absolute Gasteiger partial charge is 0.107 e. The van der Waals surface area contributed by atoms with Gasteiger partial charge in [-0.2, -0.15) is 0 Å². The van der Waals surface area contributed by atoms with Crippen molar-refractivity contribution in [2.45, 2.75) is 51.5 Å². The summed E-state index contributed by atoms with van der Waals surface area (Å²) in [6.45, 7) is 4.35. The minimum Gasteiger partial charge on any atom is -0.469 e. The summed E-state index contributed by atoms with van der Waals surface area (Å²) in [4.78, 5) is 0. The van der Waals surface area contributed by atoms with E-state index in [1.807, 2.05) is 6.26 Å². The fraction of sp³-hybridized carbons (Fsp3) is 0.692. The lowest BCUT2D eigenvalue weighted by molar-refractivity contribution is 0.245. The van der Waals surface area contributed by atoms with Gasteiger partial charge in [0.25, 0.3) is 0 Å². The molecule has 2 N–H and O–H groups in total. The van der Waals surface area contributed by atoms with Crippen LogP contribution in [0.15, 0.2) is 16.7 Å². The van der Waals surface area contributed by atoms with E-state index < -0.39 is 0 Å². The highest BCUT2D eigenvalue weighted by molar-refractivity contribution is 5.16. The number of furan rings is 1. The van der Waals surface area contributed by atoms with Gasteiger partial charge in [0.1, 0.15) is 5.76 Å². The Bertz CT molecular complexity index is 318. The molecule has 0 spiro atoms. The van der Waals surface area contributed by atoms with Crippen LogP contribution in [0.25, 0.3) is 0 Å². The molecule has 0 saturated heterocycles. The lowest BCUT2D eigenvalue weighted by Crippen LogP contribution is -2.31. The predicted molar refractivity (Wildman–Crippen MR) is 61.8 cm³/mol. The van der Waals surface area contributed by atoms with Crippen LogP contribution in [0.2, 0.25) is 0 Å². The number of aryl methyl sites for hydroxylation is 1. The molecule has 0 bridgehead atoms. The van der Waals surface area contributed by atoms with Gasteiger partial charge in [0, 0.05) is 12.0 Å². The molecule has 2 heteroatoms. The highest BCUT2D eigenvalue weighted by Gasteiger charge is 2.30. The molecule has 2 nitrogen and oxygen atoms in total. The van der Waals surface area contributed by atoms with Crippen molar-refractivity contribution >= 4 is 0 Å². The molecule has 1 saturated carbocycles. The molecule has 1 aromatic heterocycles. The number of hydrogen-bond donors (Lipinski definition) is 1. The van der Waals surface area contributed by atoms with Gasteiger partial charge in [-0.15, -0.1) is 0 Å². The highest BCUT2D eigenvalue weighted by Crippen LogP contribution is 2.39. The molecule has 3 unspecified atom stereocenters. The van der Waals surface area contributed by atoms with Gasteiger partial charge in [-0.1, -0.05) is 13.3 Å². The molecule has 15 heavy (non-hydrogen) atoms. The second-order valence-electron chi connectivity index (χ2n) is 4.87. The van der Waals surface area contributed by atoms with Crippen molar-refractivity contribution < 1.29 is 4.42 Å². The summed E-state index contributed by atoms with van der Waals surface area (Å²) in [7, 11) is 0. The van der Waals surface area contributed by atoms with Gasteiger partial charge >= 0.3 is 0 Å². The molecular formula is C13H21NO. The molecule has 1 aliphatic rings. The van der Waals surface area contributed by atoms with Crippen LogP contribution in [0.5, 0.6) is 0 Å². The first kappa shape index (κ1) is 10.7. The molecule has 0 aromatic carbocycles. The zero-order chi connectivity index (χ0) is 10.8. The van der Waals surface area contributed by atoms with Crippen LogP contribution >= 0.6 is 0 Å². The third-order valence-electron chi connectivity index (χ3n) is 3.67. The van der Waals surface area contributed by atoms with Gasteiger partial charge in [-0.05, 0) is 43.7 Å². The lowest BCUT2D eigenvalue weighted by atomic mass is 9.74. The van der Waals surface area contributed by atoms with Crippen molar-refractivity contribution in [1.29, 1.82) is 0 Å². The Morgan fingerprint density at radius 1 is 1.47 bits per heavy atom. The second-order valence-corrected chi connectivity index (χ2v) is 4.87. The van der Waals surface area contributed by atoms with E-state index in [2.05, 4.69) is 19.9 Å². The Kier molecular flexibility index (Phi) is 3.15. The van der Waals surface area contributed by atoms with E-state index in [0.717, 1.165) is 18.1 Å². The van der Waals surface area contributed by atoms with E-state index in [0.29, 0.717) is 12.0 Å². The average molecular weight is 207 g/mol. The van der Waals surface area contributed by atoms with E-state index in [4.69, 9.17) is 10.2 Å². The third-order valence-corrected chi connectivity index (χ3v) is 3.67. The van der Waals surface area contributed by atoms with E-state index in [9.17, 15) is 0 Å². The SMILES string of the molecule is CCC1CCC(N)CC1c1cc(C)co1. The summed E-state index contributed by atoms with van der Waals surface area (Å²) in [5.74, 6) is 2.46. The summed E-state index contributed by atoms with van der Waals surface area (Å²) in [6, 6.07) is 2.54. The Morgan fingerprint density at radius 2 is 2.27 bits per heavy atom. The number of hydrogen-bond acceptors (Lipinski definition) is 2. The molecular weight excluding hydrogens is 186 g/mol. The van der Waals surface area contributed by atoms with Gasteiger partial charge < -0.3 is 10.2 Å². The molecule has 1 aliphatic carbocycles. The molecule has 0 aliphatic heterocycles. The maximum absolute atomic E-state index is 6.04. The first-order valence-corrected chi connectivity index (χ1v) is 6.01. The van der Waals surface area contributed by atoms with Crippen LogP contribution in [0, 0.1) is 12.8 Å². The minimum atomic E-state index is 0.364. The zero-order valence-corrected chi connectivity index (χ0v) is 9.70. The zero-order valence-electron chi connectivity index (χ0n) is 9.70. The molecule has 84 valence electrons. The van der Waals surface area contributed by atoms with Crippen molar-refractivity contribution in [3.63, 3.8) is 0 Å². The molecule has 0 amide bonds. The minimum absolute atomic E-state index is 0.364. The molecule has 1 heterocycles. The first-order chi connectivity index (χ1) is 7.20. The summed E-state index contributed by atoms with van der Waals surface area (Å²) >= 11 is 0. The summed E-state index contributed by atoms with van der Waals surface area (Å²) < 4.78 is 5.63.